The molecular formula is C30H35F3N4O3. The van der Waals surface area contributed by atoms with E-state index < -0.39 is 41.8 Å². The summed E-state index contributed by atoms with van der Waals surface area (Å²) in [5, 5.41) is 13.5. The molecule has 0 spiro atoms. The summed E-state index contributed by atoms with van der Waals surface area (Å²) in [6.07, 6.45) is 0.469. The summed E-state index contributed by atoms with van der Waals surface area (Å²) < 4.78 is 51.4. The highest BCUT2D eigenvalue weighted by molar-refractivity contribution is 5.80. The Morgan fingerprint density at radius 1 is 1.18 bits per heavy atom. The van der Waals surface area contributed by atoms with Crippen LogP contribution >= 0.6 is 0 Å². The number of rotatable bonds is 9. The van der Waals surface area contributed by atoms with Crippen molar-refractivity contribution < 1.29 is 27.8 Å². The number of aromatic nitrogens is 2. The maximum Gasteiger partial charge on any atom is 0.251 e. The molecule has 7 nitrogen and oxygen atoms in total. The highest BCUT2D eigenvalue weighted by Crippen LogP contribution is 2.38. The molecule has 2 aliphatic rings. The van der Waals surface area contributed by atoms with Gasteiger partial charge in [0.1, 0.15) is 29.7 Å². The first kappa shape index (κ1) is 28.3. The molecule has 40 heavy (non-hydrogen) atoms. The Morgan fingerprint density at radius 3 is 2.60 bits per heavy atom. The van der Waals surface area contributed by atoms with Crippen LogP contribution in [-0.4, -0.2) is 70.6 Å². The number of nitrogens with one attached hydrogen (secondary N) is 1. The highest BCUT2D eigenvalue weighted by Gasteiger charge is 2.41. The van der Waals surface area contributed by atoms with E-state index >= 15 is 0 Å². The predicted octanol–water partition coefficient (Wildman–Crippen LogP) is 4.11. The van der Waals surface area contributed by atoms with Crippen LogP contribution < -0.4 is 5.32 Å². The quantitative estimate of drug-likeness (QED) is 0.415. The van der Waals surface area contributed by atoms with E-state index in [0.717, 1.165) is 23.8 Å². The van der Waals surface area contributed by atoms with E-state index in [2.05, 4.69) is 5.32 Å². The van der Waals surface area contributed by atoms with Crippen molar-refractivity contribution in [1.82, 2.24) is 19.8 Å². The van der Waals surface area contributed by atoms with Crippen molar-refractivity contribution in [2.45, 2.75) is 44.6 Å². The van der Waals surface area contributed by atoms with Gasteiger partial charge in [-0.3, -0.25) is 4.79 Å². The number of benzene rings is 2. The van der Waals surface area contributed by atoms with Crippen molar-refractivity contribution in [2.24, 2.45) is 11.8 Å². The molecule has 3 heterocycles. The van der Waals surface area contributed by atoms with Gasteiger partial charge in [0.15, 0.2) is 0 Å². The second kappa shape index (κ2) is 12.5. The number of imidazole rings is 1. The molecule has 0 saturated carbocycles. The topological polar surface area (TPSA) is 79.6 Å². The lowest BCUT2D eigenvalue weighted by Gasteiger charge is -2.40. The fourth-order valence-corrected chi connectivity index (χ4v) is 5.75. The SMILES string of the molecule is C[C@H](O)C(=O)N(C[C@@H]1CNC[C@@H]1F)C(c1nc(-c2cc(F)ccc2F)cn1Cc1ccccc1)C1CCOCC1. The average molecular weight is 557 g/mol. The maximum atomic E-state index is 14.9. The van der Waals surface area contributed by atoms with Gasteiger partial charge in [0.25, 0.3) is 5.91 Å². The number of ether oxygens (including phenoxy) is 1. The molecule has 4 atom stereocenters. The number of carbonyl (C=O) groups is 1. The summed E-state index contributed by atoms with van der Waals surface area (Å²) in [6, 6.07) is 12.2. The number of alkyl halides is 1. The molecule has 2 saturated heterocycles. The van der Waals surface area contributed by atoms with Crippen LogP contribution in [0.3, 0.4) is 0 Å². The number of aliphatic hydroxyl groups is 1. The fraction of sp³-hybridized carbons (Fsp3) is 0.467. The molecule has 0 bridgehead atoms. The van der Waals surface area contributed by atoms with Gasteiger partial charge in [0.05, 0.1) is 11.7 Å². The number of hydrogen-bond acceptors (Lipinski definition) is 5. The van der Waals surface area contributed by atoms with Crippen LogP contribution in [-0.2, 0) is 16.1 Å². The van der Waals surface area contributed by atoms with E-state index in [1.165, 1.54) is 6.92 Å². The van der Waals surface area contributed by atoms with Crippen LogP contribution in [0.5, 0.6) is 0 Å². The summed E-state index contributed by atoms with van der Waals surface area (Å²) in [7, 11) is 0. The van der Waals surface area contributed by atoms with Gasteiger partial charge in [0, 0.05) is 57.1 Å². The van der Waals surface area contributed by atoms with Crippen LogP contribution in [0.2, 0.25) is 0 Å². The van der Waals surface area contributed by atoms with E-state index in [4.69, 9.17) is 9.72 Å². The summed E-state index contributed by atoms with van der Waals surface area (Å²) in [6.45, 7) is 3.44. The van der Waals surface area contributed by atoms with Crippen molar-refractivity contribution in [1.29, 1.82) is 0 Å². The molecule has 2 aliphatic heterocycles. The summed E-state index contributed by atoms with van der Waals surface area (Å²) >= 11 is 0. The number of carbonyl (C=O) groups excluding carboxylic acids is 1. The van der Waals surface area contributed by atoms with Crippen molar-refractivity contribution in [3.63, 3.8) is 0 Å². The molecule has 2 fully saturated rings. The van der Waals surface area contributed by atoms with Crippen LogP contribution in [0.4, 0.5) is 13.2 Å². The lowest BCUT2D eigenvalue weighted by Crippen LogP contribution is -2.48. The largest absolute Gasteiger partial charge is 0.384 e. The third-order valence-electron chi connectivity index (χ3n) is 7.85. The van der Waals surface area contributed by atoms with E-state index in [-0.39, 0.29) is 30.3 Å². The summed E-state index contributed by atoms with van der Waals surface area (Å²) in [4.78, 5) is 20.0. The first-order valence-corrected chi connectivity index (χ1v) is 13.8. The average Bonchev–Trinajstić information content (AvgIpc) is 3.56. The van der Waals surface area contributed by atoms with Gasteiger partial charge in [-0.1, -0.05) is 30.3 Å². The Kier molecular flexibility index (Phi) is 8.87. The van der Waals surface area contributed by atoms with Crippen LogP contribution in [0.15, 0.2) is 54.7 Å². The molecule has 214 valence electrons. The maximum absolute atomic E-state index is 14.9. The highest BCUT2D eigenvalue weighted by atomic mass is 19.1. The Balaban J connectivity index is 1.65. The Bertz CT molecular complexity index is 1300. The van der Waals surface area contributed by atoms with Crippen LogP contribution in [0.1, 0.15) is 37.2 Å². The van der Waals surface area contributed by atoms with Gasteiger partial charge < -0.3 is 24.6 Å². The Morgan fingerprint density at radius 2 is 1.93 bits per heavy atom. The molecular weight excluding hydrogens is 521 g/mol. The zero-order chi connectivity index (χ0) is 28.2. The normalized spacial score (nSPS) is 21.3. The van der Waals surface area contributed by atoms with Gasteiger partial charge in [0.2, 0.25) is 0 Å². The number of amides is 1. The first-order valence-electron chi connectivity index (χ1n) is 13.8. The van der Waals surface area contributed by atoms with Crippen LogP contribution in [0, 0.1) is 23.5 Å². The molecule has 1 unspecified atom stereocenters. The first-order chi connectivity index (χ1) is 19.3. The standard InChI is InChI=1S/C30H35F3N4O3/c1-19(38)30(39)37(17-22-14-34-15-26(22)33)28(21-9-11-40-12-10-21)29-35-27(24-13-23(31)7-8-25(24)32)18-36(29)16-20-5-3-2-4-6-20/h2-8,13,18-19,21-22,26,28,34,38H,9-12,14-17H2,1H3/t19-,22-,26-,28?/m0/s1. The van der Waals surface area contributed by atoms with Gasteiger partial charge in [-0.25, -0.2) is 18.2 Å². The predicted molar refractivity (Wildman–Crippen MR) is 144 cm³/mol. The zero-order valence-corrected chi connectivity index (χ0v) is 22.5. The van der Waals surface area contributed by atoms with Gasteiger partial charge in [-0.05, 0) is 49.4 Å². The number of aliphatic hydroxyl groups excluding tert-OH is 1. The minimum Gasteiger partial charge on any atom is -0.384 e. The van der Waals surface area contributed by atoms with Crippen molar-refractivity contribution in [3.05, 3.63) is 77.8 Å². The Hall–Kier alpha value is -3.21. The summed E-state index contributed by atoms with van der Waals surface area (Å²) in [5.74, 6) is -1.82. The Labute approximate surface area is 232 Å². The number of hydrogen-bond donors (Lipinski definition) is 2. The molecule has 3 aromatic rings. The molecule has 10 heteroatoms. The van der Waals surface area contributed by atoms with Gasteiger partial charge >= 0.3 is 0 Å². The van der Waals surface area contributed by atoms with E-state index in [0.29, 0.717) is 45.0 Å². The molecule has 0 aliphatic carbocycles. The lowest BCUT2D eigenvalue weighted by molar-refractivity contribution is -0.145. The second-order valence-electron chi connectivity index (χ2n) is 10.7. The van der Waals surface area contributed by atoms with E-state index in [1.54, 1.807) is 11.1 Å². The lowest BCUT2D eigenvalue weighted by atomic mass is 9.88. The van der Waals surface area contributed by atoms with Crippen molar-refractivity contribution in [2.75, 3.05) is 32.8 Å². The van der Waals surface area contributed by atoms with Crippen molar-refractivity contribution in [3.8, 4) is 11.3 Å². The molecule has 2 N–H and O–H groups in total. The van der Waals surface area contributed by atoms with Crippen molar-refractivity contribution >= 4 is 5.91 Å². The third-order valence-corrected chi connectivity index (χ3v) is 7.85. The third kappa shape index (κ3) is 6.24. The van der Waals surface area contributed by atoms with Gasteiger partial charge in [-0.15, -0.1) is 0 Å². The van der Waals surface area contributed by atoms with E-state index in [9.17, 15) is 23.1 Å². The van der Waals surface area contributed by atoms with Crippen LogP contribution in [0.25, 0.3) is 11.3 Å². The second-order valence-corrected chi connectivity index (χ2v) is 10.7. The van der Waals surface area contributed by atoms with Gasteiger partial charge in [-0.2, -0.15) is 0 Å². The minimum atomic E-state index is -1.31. The number of nitrogens with zero attached hydrogens (tertiary/aromatic N) is 3. The fourth-order valence-electron chi connectivity index (χ4n) is 5.75. The smallest absolute Gasteiger partial charge is 0.251 e. The minimum absolute atomic E-state index is 0.0102. The molecule has 1 aromatic heterocycles. The molecule has 5 rings (SSSR count). The number of halogens is 3. The molecule has 0 radical (unpaired) electrons. The van der Waals surface area contributed by atoms with E-state index in [1.807, 2.05) is 34.9 Å². The molecule has 2 aromatic carbocycles. The molecule has 1 amide bonds. The monoisotopic (exact) mass is 556 g/mol. The zero-order valence-electron chi connectivity index (χ0n) is 22.5. The summed E-state index contributed by atoms with van der Waals surface area (Å²) in [5.41, 5.74) is 1.20.